The van der Waals surface area contributed by atoms with E-state index >= 15 is 0 Å². The summed E-state index contributed by atoms with van der Waals surface area (Å²) in [5, 5.41) is 0.517. The fourth-order valence-corrected chi connectivity index (χ4v) is 3.45. The Balaban J connectivity index is 2.11. The van der Waals surface area contributed by atoms with Gasteiger partial charge in [0.25, 0.3) is 5.91 Å². The third-order valence-corrected chi connectivity index (χ3v) is 4.91. The van der Waals surface area contributed by atoms with Crippen LogP contribution in [0.3, 0.4) is 0 Å². The topological polar surface area (TPSA) is 62.6 Å². The maximum Gasteiger partial charge on any atom is 0.270 e. The number of sulfonamides is 1. The van der Waals surface area contributed by atoms with Crippen molar-refractivity contribution in [2.24, 2.45) is 7.05 Å². The summed E-state index contributed by atoms with van der Waals surface area (Å²) in [4.78, 5) is 14.1. The molecule has 0 radical (unpaired) electrons. The first-order valence-corrected chi connectivity index (χ1v) is 8.58. The van der Waals surface area contributed by atoms with Crippen molar-refractivity contribution in [2.75, 3.05) is 32.4 Å². The monoisotopic (exact) mass is 319 g/mol. The van der Waals surface area contributed by atoms with Crippen molar-refractivity contribution in [3.05, 3.63) is 23.0 Å². The van der Waals surface area contributed by atoms with Crippen LogP contribution in [0.5, 0.6) is 0 Å². The minimum absolute atomic E-state index is 0.116. The van der Waals surface area contributed by atoms with Crippen LogP contribution < -0.4 is 0 Å². The molecule has 0 aromatic carbocycles. The summed E-state index contributed by atoms with van der Waals surface area (Å²) in [5.41, 5.74) is 0.516. The molecule has 1 amide bonds. The zero-order chi connectivity index (χ0) is 14.9. The van der Waals surface area contributed by atoms with Crippen LogP contribution in [-0.4, -0.2) is 60.5 Å². The Morgan fingerprint density at radius 1 is 1.25 bits per heavy atom. The van der Waals surface area contributed by atoms with Gasteiger partial charge < -0.3 is 9.47 Å². The standard InChI is InChI=1S/C12H18ClN3O3S/c1-14-9-10(13)8-11(14)12(17)15-4-3-5-16(7-6-15)20(2,18)19/h8-9H,3-7H2,1-2H3. The number of amides is 1. The molecule has 0 saturated carbocycles. The van der Waals surface area contributed by atoms with E-state index in [4.69, 9.17) is 11.6 Å². The highest BCUT2D eigenvalue weighted by Gasteiger charge is 2.25. The van der Waals surface area contributed by atoms with E-state index in [1.807, 2.05) is 0 Å². The lowest BCUT2D eigenvalue weighted by atomic mass is 10.3. The van der Waals surface area contributed by atoms with Gasteiger partial charge in [-0.3, -0.25) is 4.79 Å². The average Bonchev–Trinajstić information content (AvgIpc) is 2.56. The molecule has 1 aliphatic heterocycles. The van der Waals surface area contributed by atoms with E-state index in [1.165, 1.54) is 10.6 Å². The van der Waals surface area contributed by atoms with Crippen LogP contribution in [0, 0.1) is 0 Å². The highest BCUT2D eigenvalue weighted by atomic mass is 35.5. The van der Waals surface area contributed by atoms with E-state index in [2.05, 4.69) is 0 Å². The number of halogens is 1. The molecule has 8 heteroatoms. The van der Waals surface area contributed by atoms with Crippen molar-refractivity contribution in [3.8, 4) is 0 Å². The van der Waals surface area contributed by atoms with Gasteiger partial charge in [0.15, 0.2) is 0 Å². The van der Waals surface area contributed by atoms with Crippen LogP contribution in [0.1, 0.15) is 16.9 Å². The number of rotatable bonds is 2. The number of carbonyl (C=O) groups is 1. The smallest absolute Gasteiger partial charge is 0.270 e. The van der Waals surface area contributed by atoms with Crippen LogP contribution in [0.15, 0.2) is 12.3 Å². The Morgan fingerprint density at radius 3 is 2.50 bits per heavy atom. The van der Waals surface area contributed by atoms with Crippen LogP contribution in [0.4, 0.5) is 0 Å². The van der Waals surface area contributed by atoms with Crippen LogP contribution >= 0.6 is 11.6 Å². The SMILES string of the molecule is Cn1cc(Cl)cc1C(=O)N1CCCN(S(C)(=O)=O)CC1. The first-order chi connectivity index (χ1) is 9.29. The highest BCUT2D eigenvalue weighted by Crippen LogP contribution is 2.16. The van der Waals surface area contributed by atoms with Gasteiger partial charge in [-0.2, -0.15) is 0 Å². The Hall–Kier alpha value is -1.05. The first kappa shape index (κ1) is 15.3. The van der Waals surface area contributed by atoms with Gasteiger partial charge in [0.2, 0.25) is 10.0 Å². The summed E-state index contributed by atoms with van der Waals surface area (Å²) in [6.45, 7) is 1.74. The fourth-order valence-electron chi connectivity index (χ4n) is 2.33. The summed E-state index contributed by atoms with van der Waals surface area (Å²) >= 11 is 5.88. The van der Waals surface area contributed by atoms with Gasteiger partial charge in [0.1, 0.15) is 5.69 Å². The molecule has 0 aliphatic carbocycles. The molecule has 112 valence electrons. The second kappa shape index (κ2) is 5.75. The molecule has 1 aromatic rings. The van der Waals surface area contributed by atoms with E-state index in [1.54, 1.807) is 28.8 Å². The Bertz CT molecular complexity index is 611. The molecule has 1 fully saturated rings. The molecular formula is C12H18ClN3O3S. The van der Waals surface area contributed by atoms with Gasteiger partial charge in [-0.15, -0.1) is 0 Å². The van der Waals surface area contributed by atoms with Gasteiger partial charge in [-0.05, 0) is 12.5 Å². The predicted molar refractivity (Wildman–Crippen MR) is 77.4 cm³/mol. The Kier molecular flexibility index (Phi) is 4.41. The van der Waals surface area contributed by atoms with Gasteiger partial charge in [-0.1, -0.05) is 11.6 Å². The molecule has 0 unspecified atom stereocenters. The summed E-state index contributed by atoms with van der Waals surface area (Å²) in [7, 11) is -1.43. The molecule has 0 spiro atoms. The van der Waals surface area contributed by atoms with E-state index in [-0.39, 0.29) is 5.91 Å². The second-order valence-electron chi connectivity index (χ2n) is 4.96. The van der Waals surface area contributed by atoms with Gasteiger partial charge in [0, 0.05) is 39.4 Å². The maximum absolute atomic E-state index is 12.4. The summed E-state index contributed by atoms with van der Waals surface area (Å²) < 4.78 is 26.2. The lowest BCUT2D eigenvalue weighted by molar-refractivity contribution is 0.0754. The molecule has 0 bridgehead atoms. The predicted octanol–water partition coefficient (Wildman–Crippen LogP) is 0.786. The molecule has 6 nitrogen and oxygen atoms in total. The van der Waals surface area contributed by atoms with E-state index in [9.17, 15) is 13.2 Å². The van der Waals surface area contributed by atoms with Crippen molar-refractivity contribution in [1.29, 1.82) is 0 Å². The maximum atomic E-state index is 12.4. The van der Waals surface area contributed by atoms with Crippen molar-refractivity contribution < 1.29 is 13.2 Å². The van der Waals surface area contributed by atoms with E-state index in [0.29, 0.717) is 43.3 Å². The van der Waals surface area contributed by atoms with Crippen molar-refractivity contribution in [2.45, 2.75) is 6.42 Å². The van der Waals surface area contributed by atoms with Crippen LogP contribution in [0.25, 0.3) is 0 Å². The highest BCUT2D eigenvalue weighted by molar-refractivity contribution is 7.88. The Morgan fingerprint density at radius 2 is 1.95 bits per heavy atom. The van der Waals surface area contributed by atoms with Crippen LogP contribution in [0.2, 0.25) is 5.02 Å². The molecule has 20 heavy (non-hydrogen) atoms. The molecular weight excluding hydrogens is 302 g/mol. The number of aromatic nitrogens is 1. The fraction of sp³-hybridized carbons (Fsp3) is 0.583. The van der Waals surface area contributed by atoms with Crippen molar-refractivity contribution >= 4 is 27.5 Å². The van der Waals surface area contributed by atoms with Gasteiger partial charge in [0.05, 0.1) is 11.3 Å². The van der Waals surface area contributed by atoms with Crippen molar-refractivity contribution in [1.82, 2.24) is 13.8 Å². The minimum atomic E-state index is -3.20. The zero-order valence-corrected chi connectivity index (χ0v) is 13.1. The number of carbonyl (C=O) groups excluding carboxylic acids is 1. The molecule has 0 N–H and O–H groups in total. The number of nitrogens with zero attached hydrogens (tertiary/aromatic N) is 3. The minimum Gasteiger partial charge on any atom is -0.345 e. The first-order valence-electron chi connectivity index (χ1n) is 6.35. The van der Waals surface area contributed by atoms with E-state index < -0.39 is 10.0 Å². The summed E-state index contributed by atoms with van der Waals surface area (Å²) in [6.07, 6.45) is 3.51. The van der Waals surface area contributed by atoms with Gasteiger partial charge in [-0.25, -0.2) is 12.7 Å². The normalized spacial score (nSPS) is 18.1. The summed E-state index contributed by atoms with van der Waals surface area (Å²) in [6, 6.07) is 1.63. The molecule has 1 aliphatic rings. The Labute approximate surface area is 124 Å². The lowest BCUT2D eigenvalue weighted by Crippen LogP contribution is -2.37. The van der Waals surface area contributed by atoms with Gasteiger partial charge >= 0.3 is 0 Å². The quantitative estimate of drug-likeness (QED) is 0.809. The third-order valence-electron chi connectivity index (χ3n) is 3.40. The molecule has 2 heterocycles. The lowest BCUT2D eigenvalue weighted by Gasteiger charge is -2.21. The largest absolute Gasteiger partial charge is 0.345 e. The van der Waals surface area contributed by atoms with Crippen molar-refractivity contribution in [3.63, 3.8) is 0 Å². The molecule has 1 saturated heterocycles. The number of aryl methyl sites for hydroxylation is 1. The molecule has 2 rings (SSSR count). The zero-order valence-electron chi connectivity index (χ0n) is 11.5. The molecule has 0 atom stereocenters. The average molecular weight is 320 g/mol. The number of hydrogen-bond donors (Lipinski definition) is 0. The third kappa shape index (κ3) is 3.34. The van der Waals surface area contributed by atoms with E-state index in [0.717, 1.165) is 0 Å². The summed E-state index contributed by atoms with van der Waals surface area (Å²) in [5.74, 6) is -0.116. The molecule has 1 aromatic heterocycles. The second-order valence-corrected chi connectivity index (χ2v) is 7.38. The van der Waals surface area contributed by atoms with Crippen LogP contribution in [-0.2, 0) is 17.1 Å². The number of hydrogen-bond acceptors (Lipinski definition) is 3.